The number of quaternary nitrogens is 1. The van der Waals surface area contributed by atoms with E-state index in [1.54, 1.807) is 0 Å². The van der Waals surface area contributed by atoms with Gasteiger partial charge in [0, 0.05) is 12.8 Å². The van der Waals surface area contributed by atoms with E-state index in [2.05, 4.69) is 13.8 Å². The van der Waals surface area contributed by atoms with Crippen molar-refractivity contribution in [3.63, 3.8) is 0 Å². The van der Waals surface area contributed by atoms with Crippen molar-refractivity contribution >= 4 is 19.8 Å². The second-order valence-electron chi connectivity index (χ2n) is 15.4. The van der Waals surface area contributed by atoms with Crippen molar-refractivity contribution in [3.05, 3.63) is 0 Å². The van der Waals surface area contributed by atoms with E-state index in [1.807, 2.05) is 21.1 Å². The molecule has 0 amide bonds. The summed E-state index contributed by atoms with van der Waals surface area (Å²) in [4.78, 5) is 35.2. The minimum absolute atomic E-state index is 0.0366. The van der Waals surface area contributed by atoms with Crippen LogP contribution < -0.4 is 0 Å². The van der Waals surface area contributed by atoms with Crippen LogP contribution in [0.5, 0.6) is 0 Å². The van der Waals surface area contributed by atoms with Gasteiger partial charge < -0.3 is 18.9 Å². The molecule has 50 heavy (non-hydrogen) atoms. The van der Waals surface area contributed by atoms with Crippen LogP contribution in [0.2, 0.25) is 0 Å². The predicted molar refractivity (Wildman–Crippen MR) is 206 cm³/mol. The standard InChI is InChI=1S/C40H80NO8P/c1-6-8-10-12-14-16-18-20-22-24-26-28-30-32-39(42)46-36-38(37-48-50(44,45)47-35-34-41(3,4)5)49-40(43)33-31-29-27-25-23-21-19-17-15-13-11-9-7-2/h38H,6-37H2,1-5H3/p+1/i1+1,2+1,3+1,4+1,5+1,6+1,7+1,8+1,9+1,10+1,11+1,12+1,13+1,14+1,15+1,16+1,17+1,18+1,19+1,20+1,21+1,22+1,23+1,24+1,25+1,26+1,27+1,28+1,29+1,30+1,31+1,32+1,33+1,34+1,35+1,36+1,37+1,38+1,39+1,40+1. The second kappa shape index (κ2) is 33.8. The Hall–Kier alpha value is -0.990. The smallest absolute Gasteiger partial charge is 0.462 e. The number of nitrogens with zero attached hydrogens (tertiary/aromatic N) is 1. The van der Waals surface area contributed by atoms with Crippen LogP contribution in [0, 0.1) is 0 Å². The molecule has 298 valence electrons. The van der Waals surface area contributed by atoms with Crippen LogP contribution in [0.25, 0.3) is 0 Å². The van der Waals surface area contributed by atoms with Crippen molar-refractivity contribution in [1.29, 1.82) is 0 Å². The Morgan fingerprint density at radius 3 is 1.28 bits per heavy atom. The Morgan fingerprint density at radius 2 is 0.900 bits per heavy atom. The number of hydrogen-bond donors (Lipinski definition) is 1. The quantitative estimate of drug-likeness (QED) is 0.0217. The summed E-state index contributed by atoms with van der Waals surface area (Å²) in [5, 5.41) is 0. The number of esters is 2. The first-order valence-corrected chi connectivity index (χ1v) is 22.3. The summed E-state index contributed by atoms with van der Waals surface area (Å²) in [7, 11) is 1.49. The highest BCUT2D eigenvalue weighted by molar-refractivity contribution is 7.47. The van der Waals surface area contributed by atoms with Crippen LogP contribution in [0.15, 0.2) is 0 Å². The Kier molecular flexibility index (Phi) is 33.2. The van der Waals surface area contributed by atoms with E-state index in [0.29, 0.717) is 17.4 Å². The molecule has 0 saturated carbocycles. The molecule has 0 aliphatic heterocycles. The largest absolute Gasteiger partial charge is 0.472 e. The molecule has 0 aromatic carbocycles. The van der Waals surface area contributed by atoms with E-state index in [4.69, 9.17) is 18.5 Å². The summed E-state index contributed by atoms with van der Waals surface area (Å²) >= 11 is 0. The summed E-state index contributed by atoms with van der Waals surface area (Å²) in [6.45, 7) is 4.44. The molecule has 9 nitrogen and oxygen atoms in total. The number of rotatable bonds is 38. The second-order valence-corrected chi connectivity index (χ2v) is 16.8. The maximum atomic E-state index is 12.6. The Bertz CT molecular complexity index is 835. The predicted octanol–water partition coefficient (Wildman–Crippen LogP) is 11.2. The molecule has 0 aromatic rings. The fraction of sp³-hybridized carbons (Fsp3) is 0.950. The van der Waals surface area contributed by atoms with Gasteiger partial charge in [0.05, 0.1) is 27.7 Å². The van der Waals surface area contributed by atoms with E-state index in [0.717, 1.165) is 38.5 Å². The maximum absolute atomic E-state index is 12.6. The van der Waals surface area contributed by atoms with Gasteiger partial charge in [-0.3, -0.25) is 18.6 Å². The van der Waals surface area contributed by atoms with E-state index >= 15 is 0 Å². The number of phosphoric ester groups is 1. The lowest BCUT2D eigenvalue weighted by molar-refractivity contribution is -0.870. The van der Waals surface area contributed by atoms with Crippen LogP contribution >= 0.6 is 7.82 Å². The van der Waals surface area contributed by atoms with Crippen LogP contribution in [-0.4, -0.2) is 74.9 Å². The Labute approximate surface area is 308 Å². The molecular weight excluding hydrogens is 693 g/mol. The van der Waals surface area contributed by atoms with Crippen molar-refractivity contribution in [2.24, 2.45) is 0 Å². The fourth-order valence-electron chi connectivity index (χ4n) is 5.84. The first kappa shape index (κ1) is 49.0. The number of unbranched alkanes of at least 4 members (excludes halogenated alkanes) is 24. The van der Waals surface area contributed by atoms with Crippen molar-refractivity contribution < 1.29 is 42.1 Å². The minimum atomic E-state index is -4.36. The van der Waals surface area contributed by atoms with Gasteiger partial charge in [-0.2, -0.15) is 0 Å². The van der Waals surface area contributed by atoms with Gasteiger partial charge in [-0.25, -0.2) is 4.57 Å². The zero-order valence-electron chi connectivity index (χ0n) is 33.4. The highest BCUT2D eigenvalue weighted by atomic mass is 31.2. The van der Waals surface area contributed by atoms with Crippen LogP contribution in [-0.2, 0) is 32.7 Å². The zero-order valence-corrected chi connectivity index (χ0v) is 34.3. The molecule has 0 aliphatic rings. The van der Waals surface area contributed by atoms with Gasteiger partial charge in [-0.1, -0.05) is 168 Å². The molecule has 0 spiro atoms. The molecule has 2 atom stereocenters. The van der Waals surface area contributed by atoms with Gasteiger partial charge in [0.15, 0.2) is 6.10 Å². The average molecular weight is 775 g/mol. The number of carbonyl (C=O) groups excluding carboxylic acids is 2. The van der Waals surface area contributed by atoms with Crippen LogP contribution in [0.1, 0.15) is 194 Å². The van der Waals surface area contributed by atoms with E-state index in [9.17, 15) is 19.0 Å². The number of hydrogen-bond acceptors (Lipinski definition) is 7. The molecule has 1 N–H and O–H groups in total. The van der Waals surface area contributed by atoms with Crippen molar-refractivity contribution in [3.8, 4) is 0 Å². The van der Waals surface area contributed by atoms with Gasteiger partial charge in [0.25, 0.3) is 0 Å². The molecule has 0 radical (unpaired) electrons. The summed E-state index contributed by atoms with van der Waals surface area (Å²) < 4.78 is 34.2. The lowest BCUT2D eigenvalue weighted by Gasteiger charge is -2.24. The van der Waals surface area contributed by atoms with Gasteiger partial charge in [-0.05, 0) is 12.8 Å². The molecule has 0 rings (SSSR count). The highest BCUT2D eigenvalue weighted by Crippen LogP contribution is 2.43. The molecule has 0 aliphatic carbocycles. The number of carbonyl (C=O) groups is 2. The SMILES string of the molecule is [13CH3][13CH2][13CH2][13CH2][13CH2][13CH2][13CH2][13CH2][13CH2][13CH2][13CH2][13CH2][13CH2][13CH2][13CH2][13C](=O)O[13CH2][13CH]([13CH2]OP(=O)(O)O[13CH2][13CH2][N+]([13CH3])([13CH3])[13CH3])O[13C](=O)[13CH2][13CH2][13CH2][13CH2][13CH2][13CH2][13CH2][13CH2][13CH2][13CH2][13CH2][13CH2][13CH2][13CH2][13CH3]. The van der Waals surface area contributed by atoms with E-state index in [-0.39, 0.29) is 25.6 Å². The van der Waals surface area contributed by atoms with Gasteiger partial charge in [0.1, 0.15) is 19.8 Å². The minimum Gasteiger partial charge on any atom is -0.462 e. The van der Waals surface area contributed by atoms with E-state index in [1.165, 1.54) is 128 Å². The Morgan fingerprint density at radius 1 is 0.540 bits per heavy atom. The zero-order chi connectivity index (χ0) is 37.2. The third-order valence-corrected chi connectivity index (χ3v) is 10.1. The number of phosphoric acid groups is 1. The van der Waals surface area contributed by atoms with Crippen LogP contribution in [0.4, 0.5) is 0 Å². The van der Waals surface area contributed by atoms with Crippen molar-refractivity contribution in [2.45, 2.75) is 200 Å². The van der Waals surface area contributed by atoms with Crippen LogP contribution in [0.3, 0.4) is 0 Å². The fourth-order valence-corrected chi connectivity index (χ4v) is 6.58. The first-order valence-electron chi connectivity index (χ1n) is 20.8. The molecule has 0 saturated heterocycles. The van der Waals surface area contributed by atoms with E-state index < -0.39 is 26.5 Å². The topological polar surface area (TPSA) is 108 Å². The summed E-state index contributed by atoms with van der Waals surface area (Å²) in [5.41, 5.74) is 0. The monoisotopic (exact) mass is 775 g/mol. The summed E-state index contributed by atoms with van der Waals surface area (Å²) in [5.74, 6) is -0.787. The molecule has 0 aromatic heterocycles. The first-order chi connectivity index (χ1) is 24.0. The van der Waals surface area contributed by atoms with Gasteiger partial charge in [-0.15, -0.1) is 0 Å². The highest BCUT2D eigenvalue weighted by Gasteiger charge is 2.27. The molecule has 0 bridgehead atoms. The number of ether oxygens (including phenoxy) is 2. The number of likely N-dealkylation sites (N-methyl/N-ethyl adjacent to an activating group) is 1. The summed E-state index contributed by atoms with van der Waals surface area (Å²) in [6, 6.07) is 0. The van der Waals surface area contributed by atoms with Gasteiger partial charge in [0.2, 0.25) is 0 Å². The third-order valence-electron chi connectivity index (χ3n) is 9.14. The van der Waals surface area contributed by atoms with Gasteiger partial charge >= 0.3 is 19.8 Å². The van der Waals surface area contributed by atoms with Crippen molar-refractivity contribution in [1.82, 2.24) is 0 Å². The average Bonchev–Trinajstić information content (AvgIpc) is 3.06. The molecule has 2 unspecified atom stereocenters. The molecular formula is C40H81NO8P+. The third kappa shape index (κ3) is 36.8. The molecule has 0 fully saturated rings. The maximum Gasteiger partial charge on any atom is 0.472 e. The van der Waals surface area contributed by atoms with Crippen molar-refractivity contribution in [2.75, 3.05) is 47.5 Å². The normalized spacial score (nSPS) is 13.6. The molecule has 10 heteroatoms. The molecule has 0 heterocycles. The lowest BCUT2D eigenvalue weighted by atomic mass is 11.0. The Balaban J connectivity index is 4.36. The summed E-state index contributed by atoms with van der Waals surface area (Å²) in [6.07, 6.45) is 31.4. The lowest BCUT2D eigenvalue weighted by Crippen LogP contribution is -2.37.